The summed E-state index contributed by atoms with van der Waals surface area (Å²) >= 11 is 0. The van der Waals surface area contributed by atoms with E-state index in [0.29, 0.717) is 6.54 Å². The number of aliphatic hydroxyl groups excluding tert-OH is 1. The molecule has 0 unspecified atom stereocenters. The van der Waals surface area contributed by atoms with Crippen molar-refractivity contribution >= 4 is 6.09 Å². The predicted molar refractivity (Wildman–Crippen MR) is 73.7 cm³/mol. The Morgan fingerprint density at radius 1 is 1.37 bits per heavy atom. The minimum absolute atomic E-state index is 0.0866. The molecule has 0 aromatic carbocycles. The third-order valence-electron chi connectivity index (χ3n) is 2.82. The van der Waals surface area contributed by atoms with E-state index in [9.17, 15) is 4.79 Å². The average Bonchev–Trinajstić information content (AvgIpc) is 2.29. The highest BCUT2D eigenvalue weighted by Gasteiger charge is 2.23. The number of ether oxygens (including phenoxy) is 1. The number of hydrogen-bond donors (Lipinski definition) is 2. The van der Waals surface area contributed by atoms with Crippen LogP contribution in [0.25, 0.3) is 0 Å². The summed E-state index contributed by atoms with van der Waals surface area (Å²) in [5, 5.41) is 11.5. The van der Waals surface area contributed by atoms with Crippen molar-refractivity contribution in [1.82, 2.24) is 10.2 Å². The topological polar surface area (TPSA) is 61.8 Å². The van der Waals surface area contributed by atoms with E-state index in [1.165, 1.54) is 0 Å². The zero-order valence-corrected chi connectivity index (χ0v) is 12.0. The molecule has 0 bridgehead atoms. The molecule has 1 heterocycles. The summed E-state index contributed by atoms with van der Waals surface area (Å²) in [7, 11) is 0. The summed E-state index contributed by atoms with van der Waals surface area (Å²) in [4.78, 5) is 13.8. The van der Waals surface area contributed by atoms with Crippen LogP contribution in [-0.2, 0) is 4.74 Å². The lowest BCUT2D eigenvalue weighted by Gasteiger charge is -2.31. The van der Waals surface area contributed by atoms with Crippen LogP contribution in [0.3, 0.4) is 0 Å². The fraction of sp³-hybridized carbons (Fsp3) is 0.786. The quantitative estimate of drug-likeness (QED) is 0.733. The first-order valence-corrected chi connectivity index (χ1v) is 6.69. The molecule has 108 valence electrons. The van der Waals surface area contributed by atoms with E-state index in [-0.39, 0.29) is 18.7 Å². The molecule has 2 N–H and O–H groups in total. The van der Waals surface area contributed by atoms with Crippen LogP contribution in [0.1, 0.15) is 33.6 Å². The molecular weight excluding hydrogens is 244 g/mol. The molecule has 0 aromatic rings. The van der Waals surface area contributed by atoms with Gasteiger partial charge < -0.3 is 15.2 Å². The Hall–Kier alpha value is -1.25. The lowest BCUT2D eigenvalue weighted by molar-refractivity contribution is 0.0481. The van der Waals surface area contributed by atoms with Crippen LogP contribution in [0, 0.1) is 11.8 Å². The fourth-order valence-corrected chi connectivity index (χ4v) is 1.93. The molecule has 5 nitrogen and oxygen atoms in total. The number of rotatable bonds is 2. The summed E-state index contributed by atoms with van der Waals surface area (Å²) in [5.41, 5.74) is -0.454. The van der Waals surface area contributed by atoms with Crippen molar-refractivity contribution < 1.29 is 14.6 Å². The Morgan fingerprint density at radius 2 is 2.00 bits per heavy atom. The van der Waals surface area contributed by atoms with Crippen molar-refractivity contribution in [3.8, 4) is 11.8 Å². The third kappa shape index (κ3) is 7.04. The Bertz CT molecular complexity index is 344. The van der Waals surface area contributed by atoms with Crippen molar-refractivity contribution in [2.75, 3.05) is 26.2 Å². The van der Waals surface area contributed by atoms with Crippen LogP contribution in [0.5, 0.6) is 0 Å². The number of piperidine rings is 1. The van der Waals surface area contributed by atoms with Gasteiger partial charge in [-0.25, -0.2) is 4.79 Å². The van der Waals surface area contributed by atoms with Gasteiger partial charge in [0, 0.05) is 19.1 Å². The maximum absolute atomic E-state index is 11.6. The highest BCUT2D eigenvalue weighted by molar-refractivity contribution is 5.68. The van der Waals surface area contributed by atoms with Crippen LogP contribution in [0.4, 0.5) is 4.79 Å². The number of carbonyl (C=O) groups is 1. The molecule has 1 saturated heterocycles. The number of alkyl carbamates (subject to hydrolysis) is 1. The molecular formula is C14H24N2O3. The maximum Gasteiger partial charge on any atom is 0.407 e. The summed E-state index contributed by atoms with van der Waals surface area (Å²) < 4.78 is 5.23. The van der Waals surface area contributed by atoms with E-state index in [2.05, 4.69) is 22.1 Å². The number of likely N-dealkylation sites (tertiary alicyclic amines) is 1. The van der Waals surface area contributed by atoms with Gasteiger partial charge in [-0.2, -0.15) is 0 Å². The Morgan fingerprint density at radius 3 is 2.53 bits per heavy atom. The standard InChI is InChI=1S/C14H24N2O3/c1-14(2,3)19-13(18)15-12-6-9-16(10-7-12)8-4-5-11-17/h12,17H,6-11H2,1-3H3,(H,15,18). The molecule has 5 heteroatoms. The van der Waals surface area contributed by atoms with Gasteiger partial charge in [-0.15, -0.1) is 0 Å². The van der Waals surface area contributed by atoms with Crippen molar-refractivity contribution in [2.24, 2.45) is 0 Å². The fourth-order valence-electron chi connectivity index (χ4n) is 1.93. The molecule has 1 amide bonds. The van der Waals surface area contributed by atoms with Gasteiger partial charge in [-0.05, 0) is 33.6 Å². The number of nitrogens with one attached hydrogen (secondary N) is 1. The minimum Gasteiger partial charge on any atom is -0.444 e. The Labute approximate surface area is 115 Å². The van der Waals surface area contributed by atoms with E-state index >= 15 is 0 Å². The molecule has 0 radical (unpaired) electrons. The van der Waals surface area contributed by atoms with Crippen LogP contribution in [0.15, 0.2) is 0 Å². The van der Waals surface area contributed by atoms with Gasteiger partial charge in [0.1, 0.15) is 12.2 Å². The number of nitrogens with zero attached hydrogens (tertiary/aromatic N) is 1. The number of aliphatic hydroxyl groups is 1. The van der Waals surface area contributed by atoms with Gasteiger partial charge in [0.25, 0.3) is 0 Å². The third-order valence-corrected chi connectivity index (χ3v) is 2.82. The molecule has 1 aliphatic heterocycles. The smallest absolute Gasteiger partial charge is 0.407 e. The van der Waals surface area contributed by atoms with Gasteiger partial charge in [-0.1, -0.05) is 11.8 Å². The summed E-state index contributed by atoms with van der Waals surface area (Å²) in [6.45, 7) is 7.97. The minimum atomic E-state index is -0.454. The molecule has 1 aliphatic rings. The summed E-state index contributed by atoms with van der Waals surface area (Å²) in [6, 6.07) is 0.178. The second-order valence-electron chi connectivity index (χ2n) is 5.71. The molecule has 0 aromatic heterocycles. The second kappa shape index (κ2) is 7.37. The second-order valence-corrected chi connectivity index (χ2v) is 5.71. The molecule has 0 saturated carbocycles. The van der Waals surface area contributed by atoms with Gasteiger partial charge >= 0.3 is 6.09 Å². The monoisotopic (exact) mass is 268 g/mol. The molecule has 0 aliphatic carbocycles. The van der Waals surface area contributed by atoms with E-state index in [4.69, 9.17) is 9.84 Å². The molecule has 1 rings (SSSR count). The van der Waals surface area contributed by atoms with Crippen molar-refractivity contribution in [3.63, 3.8) is 0 Å². The SMILES string of the molecule is CC(C)(C)OC(=O)NC1CCN(CC#CCO)CC1. The number of carbonyl (C=O) groups excluding carboxylic acids is 1. The number of hydrogen-bond acceptors (Lipinski definition) is 4. The lowest BCUT2D eigenvalue weighted by atomic mass is 10.1. The van der Waals surface area contributed by atoms with Crippen molar-refractivity contribution in [2.45, 2.75) is 45.3 Å². The largest absolute Gasteiger partial charge is 0.444 e. The Balaban J connectivity index is 2.25. The van der Waals surface area contributed by atoms with Crippen LogP contribution < -0.4 is 5.32 Å². The Kier molecular flexibility index (Phi) is 6.13. The number of amides is 1. The highest BCUT2D eigenvalue weighted by Crippen LogP contribution is 2.12. The normalized spacial score (nSPS) is 17.5. The first kappa shape index (κ1) is 15.8. The molecule has 19 heavy (non-hydrogen) atoms. The molecule has 1 fully saturated rings. The van der Waals surface area contributed by atoms with Crippen LogP contribution in [-0.4, -0.2) is 54.0 Å². The zero-order chi connectivity index (χ0) is 14.3. The summed E-state index contributed by atoms with van der Waals surface area (Å²) in [6.07, 6.45) is 1.46. The van der Waals surface area contributed by atoms with E-state index in [0.717, 1.165) is 25.9 Å². The van der Waals surface area contributed by atoms with Crippen molar-refractivity contribution in [1.29, 1.82) is 0 Å². The highest BCUT2D eigenvalue weighted by atomic mass is 16.6. The predicted octanol–water partition coefficient (Wildman–Crippen LogP) is 0.971. The molecule has 0 spiro atoms. The van der Waals surface area contributed by atoms with Gasteiger partial charge in [0.15, 0.2) is 0 Å². The maximum atomic E-state index is 11.6. The van der Waals surface area contributed by atoms with Gasteiger partial charge in [-0.3, -0.25) is 4.90 Å². The summed E-state index contributed by atoms with van der Waals surface area (Å²) in [5.74, 6) is 5.54. The van der Waals surface area contributed by atoms with Gasteiger partial charge in [0.2, 0.25) is 0 Å². The van der Waals surface area contributed by atoms with E-state index < -0.39 is 5.60 Å². The lowest BCUT2D eigenvalue weighted by Crippen LogP contribution is -2.46. The van der Waals surface area contributed by atoms with E-state index in [1.54, 1.807) is 0 Å². The molecule has 0 atom stereocenters. The van der Waals surface area contributed by atoms with Crippen LogP contribution >= 0.6 is 0 Å². The van der Waals surface area contributed by atoms with Crippen molar-refractivity contribution in [3.05, 3.63) is 0 Å². The van der Waals surface area contributed by atoms with E-state index in [1.807, 2.05) is 20.8 Å². The zero-order valence-electron chi connectivity index (χ0n) is 12.0. The average molecular weight is 268 g/mol. The first-order chi connectivity index (χ1) is 8.90. The van der Waals surface area contributed by atoms with Crippen LogP contribution in [0.2, 0.25) is 0 Å². The van der Waals surface area contributed by atoms with Gasteiger partial charge in [0.05, 0.1) is 6.54 Å². The first-order valence-electron chi connectivity index (χ1n) is 6.69.